The first kappa shape index (κ1) is 11.7. The van der Waals surface area contributed by atoms with Crippen LogP contribution in [-0.4, -0.2) is 16.1 Å². The lowest BCUT2D eigenvalue weighted by Gasteiger charge is -2.04. The first-order chi connectivity index (χ1) is 8.70. The van der Waals surface area contributed by atoms with Gasteiger partial charge in [-0.3, -0.25) is 4.98 Å². The van der Waals surface area contributed by atoms with Crippen molar-refractivity contribution in [3.05, 3.63) is 47.7 Å². The fourth-order valence-corrected chi connectivity index (χ4v) is 1.40. The van der Waals surface area contributed by atoms with Crippen LogP contribution in [0.1, 0.15) is 21.9 Å². The third-order valence-electron chi connectivity index (χ3n) is 2.27. The van der Waals surface area contributed by atoms with Gasteiger partial charge in [-0.05, 0) is 18.2 Å². The number of pyridine rings is 1. The molecule has 0 aromatic carbocycles. The van der Waals surface area contributed by atoms with E-state index in [0.717, 1.165) is 0 Å². The summed E-state index contributed by atoms with van der Waals surface area (Å²) in [4.78, 5) is 14.5. The number of furan rings is 1. The molecule has 2 aromatic rings. The average Bonchev–Trinajstić information content (AvgIpc) is 2.85. The van der Waals surface area contributed by atoms with E-state index in [1.54, 1.807) is 12.1 Å². The predicted molar refractivity (Wildman–Crippen MR) is 61.9 cm³/mol. The minimum Gasteiger partial charge on any atom is -0.475 e. The molecule has 0 aliphatic carbocycles. The summed E-state index contributed by atoms with van der Waals surface area (Å²) >= 11 is 0. The molecule has 2 aromatic heterocycles. The third-order valence-corrected chi connectivity index (χ3v) is 2.27. The fourth-order valence-electron chi connectivity index (χ4n) is 1.40. The Balaban J connectivity index is 2.07. The van der Waals surface area contributed by atoms with Crippen LogP contribution in [-0.2, 0) is 6.54 Å². The van der Waals surface area contributed by atoms with E-state index >= 15 is 0 Å². The lowest BCUT2D eigenvalue weighted by molar-refractivity contribution is 0.0660. The van der Waals surface area contributed by atoms with Crippen molar-refractivity contribution < 1.29 is 14.3 Å². The maximum absolute atomic E-state index is 10.6. The van der Waals surface area contributed by atoms with Gasteiger partial charge in [-0.25, -0.2) is 4.79 Å². The van der Waals surface area contributed by atoms with Crippen molar-refractivity contribution in [3.63, 3.8) is 0 Å². The number of nitriles is 1. The second-order valence-electron chi connectivity index (χ2n) is 3.46. The van der Waals surface area contributed by atoms with E-state index < -0.39 is 5.97 Å². The summed E-state index contributed by atoms with van der Waals surface area (Å²) in [5, 5.41) is 20.5. The Bertz CT molecular complexity index is 613. The van der Waals surface area contributed by atoms with E-state index in [2.05, 4.69) is 10.3 Å². The SMILES string of the molecule is N#Cc1ccncc1NCc1ccc(C(=O)O)o1. The molecule has 6 heteroatoms. The number of hydrogen-bond acceptors (Lipinski definition) is 5. The van der Waals surface area contributed by atoms with Gasteiger partial charge in [-0.15, -0.1) is 0 Å². The molecule has 90 valence electrons. The number of carboxylic acid groups (broad SMARTS) is 1. The van der Waals surface area contributed by atoms with Crippen molar-refractivity contribution in [1.82, 2.24) is 4.98 Å². The summed E-state index contributed by atoms with van der Waals surface area (Å²) in [6.07, 6.45) is 3.05. The highest BCUT2D eigenvalue weighted by Crippen LogP contribution is 2.14. The van der Waals surface area contributed by atoms with Crippen LogP contribution in [0.5, 0.6) is 0 Å². The van der Waals surface area contributed by atoms with Crippen molar-refractivity contribution >= 4 is 11.7 Å². The number of rotatable bonds is 4. The van der Waals surface area contributed by atoms with E-state index in [-0.39, 0.29) is 12.3 Å². The molecule has 0 aliphatic rings. The maximum atomic E-state index is 10.6. The molecular formula is C12H9N3O3. The van der Waals surface area contributed by atoms with Crippen LogP contribution >= 0.6 is 0 Å². The lowest BCUT2D eigenvalue weighted by atomic mass is 10.2. The Morgan fingerprint density at radius 3 is 3.00 bits per heavy atom. The minimum absolute atomic E-state index is 0.113. The zero-order valence-corrected chi connectivity index (χ0v) is 9.25. The number of nitrogens with one attached hydrogen (secondary N) is 1. The highest BCUT2D eigenvalue weighted by atomic mass is 16.4. The molecule has 0 bridgehead atoms. The Morgan fingerprint density at radius 2 is 2.33 bits per heavy atom. The molecule has 18 heavy (non-hydrogen) atoms. The van der Waals surface area contributed by atoms with Gasteiger partial charge in [-0.1, -0.05) is 0 Å². The number of carbonyl (C=O) groups is 1. The van der Waals surface area contributed by atoms with Gasteiger partial charge in [0.15, 0.2) is 0 Å². The Labute approximate surface area is 102 Å². The van der Waals surface area contributed by atoms with Crippen molar-refractivity contribution in [2.75, 3.05) is 5.32 Å². The van der Waals surface area contributed by atoms with Gasteiger partial charge in [-0.2, -0.15) is 5.26 Å². The van der Waals surface area contributed by atoms with E-state index in [4.69, 9.17) is 14.8 Å². The number of anilines is 1. The van der Waals surface area contributed by atoms with Crippen LogP contribution in [0.25, 0.3) is 0 Å². The molecule has 6 nitrogen and oxygen atoms in total. The maximum Gasteiger partial charge on any atom is 0.371 e. The molecule has 0 spiro atoms. The van der Waals surface area contributed by atoms with Gasteiger partial charge in [0.1, 0.15) is 11.8 Å². The standard InChI is InChI=1S/C12H9N3O3/c13-5-8-3-4-14-7-10(8)15-6-9-1-2-11(18-9)12(16)17/h1-4,7,15H,6H2,(H,16,17). The monoisotopic (exact) mass is 243 g/mol. The Kier molecular flexibility index (Phi) is 3.25. The van der Waals surface area contributed by atoms with Crippen LogP contribution in [0.4, 0.5) is 5.69 Å². The second kappa shape index (κ2) is 5.01. The largest absolute Gasteiger partial charge is 0.475 e. The van der Waals surface area contributed by atoms with Gasteiger partial charge in [0.05, 0.1) is 24.0 Å². The van der Waals surface area contributed by atoms with Crippen LogP contribution in [0.3, 0.4) is 0 Å². The summed E-state index contributed by atoms with van der Waals surface area (Å²) in [6.45, 7) is 0.285. The molecule has 0 fully saturated rings. The van der Waals surface area contributed by atoms with E-state index in [0.29, 0.717) is 17.0 Å². The molecule has 0 unspecified atom stereocenters. The highest BCUT2D eigenvalue weighted by molar-refractivity contribution is 5.84. The summed E-state index contributed by atoms with van der Waals surface area (Å²) in [7, 11) is 0. The summed E-state index contributed by atoms with van der Waals surface area (Å²) in [6, 6.07) is 6.57. The lowest BCUT2D eigenvalue weighted by Crippen LogP contribution is -2.01. The van der Waals surface area contributed by atoms with Crippen molar-refractivity contribution in [3.8, 4) is 6.07 Å². The Morgan fingerprint density at radius 1 is 1.50 bits per heavy atom. The molecule has 0 radical (unpaired) electrons. The van der Waals surface area contributed by atoms with E-state index in [9.17, 15) is 4.79 Å². The van der Waals surface area contributed by atoms with Gasteiger partial charge < -0.3 is 14.8 Å². The minimum atomic E-state index is -1.11. The first-order valence-electron chi connectivity index (χ1n) is 5.10. The number of hydrogen-bond donors (Lipinski definition) is 2. The average molecular weight is 243 g/mol. The predicted octanol–water partition coefficient (Wildman–Crippen LogP) is 1.86. The van der Waals surface area contributed by atoms with Crippen molar-refractivity contribution in [2.24, 2.45) is 0 Å². The number of nitrogens with zero attached hydrogens (tertiary/aromatic N) is 2. The summed E-state index contributed by atoms with van der Waals surface area (Å²) < 4.78 is 5.07. The van der Waals surface area contributed by atoms with Gasteiger partial charge in [0.25, 0.3) is 0 Å². The first-order valence-corrected chi connectivity index (χ1v) is 5.10. The van der Waals surface area contributed by atoms with Crippen LogP contribution in [0.2, 0.25) is 0 Å². The number of aromatic nitrogens is 1. The summed E-state index contributed by atoms with van der Waals surface area (Å²) in [5.74, 6) is -0.751. The zero-order chi connectivity index (χ0) is 13.0. The molecule has 0 aliphatic heterocycles. The van der Waals surface area contributed by atoms with E-state index in [1.807, 2.05) is 6.07 Å². The van der Waals surface area contributed by atoms with Gasteiger partial charge in [0.2, 0.25) is 5.76 Å². The second-order valence-corrected chi connectivity index (χ2v) is 3.46. The molecule has 2 rings (SSSR count). The fraction of sp³-hybridized carbons (Fsp3) is 0.0833. The normalized spacial score (nSPS) is 9.72. The van der Waals surface area contributed by atoms with E-state index in [1.165, 1.54) is 18.5 Å². The van der Waals surface area contributed by atoms with Crippen LogP contribution in [0, 0.1) is 11.3 Å². The molecular weight excluding hydrogens is 234 g/mol. The molecule has 0 amide bonds. The molecule has 0 saturated carbocycles. The summed E-state index contributed by atoms with van der Waals surface area (Å²) in [5.41, 5.74) is 1.04. The van der Waals surface area contributed by atoms with Crippen LogP contribution in [0.15, 0.2) is 35.0 Å². The highest BCUT2D eigenvalue weighted by Gasteiger charge is 2.09. The van der Waals surface area contributed by atoms with Gasteiger partial charge in [0, 0.05) is 6.20 Å². The van der Waals surface area contributed by atoms with Gasteiger partial charge >= 0.3 is 5.97 Å². The van der Waals surface area contributed by atoms with Crippen LogP contribution < -0.4 is 5.32 Å². The topological polar surface area (TPSA) is 99.2 Å². The quantitative estimate of drug-likeness (QED) is 0.850. The molecule has 2 heterocycles. The molecule has 0 atom stereocenters. The van der Waals surface area contributed by atoms with Crippen molar-refractivity contribution in [1.29, 1.82) is 5.26 Å². The number of aromatic carboxylic acids is 1. The number of carboxylic acids is 1. The third kappa shape index (κ3) is 2.47. The van der Waals surface area contributed by atoms with Crippen molar-refractivity contribution in [2.45, 2.75) is 6.54 Å². The molecule has 0 saturated heterocycles. The Hall–Kier alpha value is -2.81. The smallest absolute Gasteiger partial charge is 0.371 e. The molecule has 2 N–H and O–H groups in total. The zero-order valence-electron chi connectivity index (χ0n) is 9.25.